The Kier molecular flexibility index (Phi) is 3.40. The molecule has 1 aromatic carbocycles. The predicted octanol–water partition coefficient (Wildman–Crippen LogP) is 1.35. The van der Waals surface area contributed by atoms with Crippen LogP contribution in [0.5, 0.6) is 17.2 Å². The lowest BCUT2D eigenvalue weighted by Crippen LogP contribution is -2.19. The van der Waals surface area contributed by atoms with Crippen LogP contribution in [0.2, 0.25) is 5.02 Å². The summed E-state index contributed by atoms with van der Waals surface area (Å²) < 4.78 is 10.7. The van der Waals surface area contributed by atoms with Crippen molar-refractivity contribution >= 4 is 17.4 Å². The summed E-state index contributed by atoms with van der Waals surface area (Å²) in [6, 6.07) is 1.44. The lowest BCUT2D eigenvalue weighted by atomic mass is 10.0. The Balaban J connectivity index is 2.54. The van der Waals surface area contributed by atoms with Crippen molar-refractivity contribution in [2.75, 3.05) is 19.8 Å². The number of hydrogen-bond acceptors (Lipinski definition) is 5. The number of hydrogen-bond donors (Lipinski definition) is 2. The zero-order valence-corrected chi connectivity index (χ0v) is 9.79. The van der Waals surface area contributed by atoms with Gasteiger partial charge in [0.1, 0.15) is 24.5 Å². The number of Topliss-reactive ketones (excluding diaryl/α,β-unsaturated/α-hetero) is 1. The fourth-order valence-corrected chi connectivity index (χ4v) is 1.85. The number of rotatable bonds is 3. The van der Waals surface area contributed by atoms with Crippen molar-refractivity contribution < 1.29 is 19.4 Å². The summed E-state index contributed by atoms with van der Waals surface area (Å²) in [4.78, 5) is 11.9. The van der Waals surface area contributed by atoms with Crippen LogP contribution in [0.1, 0.15) is 16.8 Å². The van der Waals surface area contributed by atoms with Crippen molar-refractivity contribution in [1.29, 1.82) is 0 Å². The van der Waals surface area contributed by atoms with Crippen molar-refractivity contribution in [2.24, 2.45) is 5.73 Å². The molecule has 0 fully saturated rings. The quantitative estimate of drug-likeness (QED) is 0.799. The van der Waals surface area contributed by atoms with Crippen LogP contribution in [-0.2, 0) is 0 Å². The third-order valence-electron chi connectivity index (χ3n) is 2.41. The molecule has 0 unspecified atom stereocenters. The van der Waals surface area contributed by atoms with Crippen LogP contribution in [0.15, 0.2) is 6.07 Å². The number of benzene rings is 1. The van der Waals surface area contributed by atoms with Gasteiger partial charge in [0.05, 0.1) is 5.02 Å². The van der Waals surface area contributed by atoms with E-state index < -0.39 is 0 Å². The minimum Gasteiger partial charge on any atom is -0.505 e. The molecule has 1 aromatic rings. The summed E-state index contributed by atoms with van der Waals surface area (Å²) >= 11 is 5.83. The van der Waals surface area contributed by atoms with Gasteiger partial charge in [-0.1, -0.05) is 11.6 Å². The van der Waals surface area contributed by atoms with E-state index in [-0.39, 0.29) is 40.8 Å². The maximum absolute atomic E-state index is 11.9. The van der Waals surface area contributed by atoms with Crippen LogP contribution < -0.4 is 15.2 Å². The van der Waals surface area contributed by atoms with Gasteiger partial charge in [-0.3, -0.25) is 4.79 Å². The average molecular weight is 258 g/mol. The smallest absolute Gasteiger partial charge is 0.176 e. The fraction of sp³-hybridized carbons (Fsp3) is 0.364. The van der Waals surface area contributed by atoms with Crippen LogP contribution in [0.3, 0.4) is 0 Å². The Hall–Kier alpha value is -1.46. The molecule has 2 rings (SSSR count). The van der Waals surface area contributed by atoms with Crippen LogP contribution in [0.4, 0.5) is 0 Å². The Labute approximate surface area is 103 Å². The third-order valence-corrected chi connectivity index (χ3v) is 2.70. The molecule has 0 spiro atoms. The number of halogens is 1. The van der Waals surface area contributed by atoms with E-state index in [1.54, 1.807) is 0 Å². The van der Waals surface area contributed by atoms with E-state index in [2.05, 4.69) is 0 Å². The Bertz CT molecular complexity index is 461. The van der Waals surface area contributed by atoms with E-state index in [0.717, 1.165) is 0 Å². The van der Waals surface area contributed by atoms with Gasteiger partial charge in [-0.2, -0.15) is 0 Å². The largest absolute Gasteiger partial charge is 0.505 e. The molecule has 0 aromatic heterocycles. The zero-order valence-electron chi connectivity index (χ0n) is 9.03. The van der Waals surface area contributed by atoms with Gasteiger partial charge in [0.25, 0.3) is 0 Å². The number of phenols is 1. The van der Waals surface area contributed by atoms with Crippen LogP contribution >= 0.6 is 11.6 Å². The van der Waals surface area contributed by atoms with E-state index in [4.69, 9.17) is 26.8 Å². The highest BCUT2D eigenvalue weighted by Crippen LogP contribution is 2.44. The van der Waals surface area contributed by atoms with Gasteiger partial charge >= 0.3 is 0 Å². The molecule has 1 aliphatic heterocycles. The van der Waals surface area contributed by atoms with Crippen LogP contribution in [0.25, 0.3) is 0 Å². The van der Waals surface area contributed by atoms with Crippen LogP contribution in [0, 0.1) is 0 Å². The lowest BCUT2D eigenvalue weighted by Gasteiger charge is -2.21. The number of nitrogens with two attached hydrogens (primary N) is 1. The van der Waals surface area contributed by atoms with Crippen molar-refractivity contribution in [1.82, 2.24) is 0 Å². The minimum absolute atomic E-state index is 0.0534. The van der Waals surface area contributed by atoms with Gasteiger partial charge in [-0.05, 0) is 6.54 Å². The Morgan fingerprint density at radius 3 is 2.88 bits per heavy atom. The summed E-state index contributed by atoms with van der Waals surface area (Å²) in [6.45, 7) is 0.913. The topological polar surface area (TPSA) is 81.8 Å². The highest BCUT2D eigenvalue weighted by Gasteiger charge is 2.26. The van der Waals surface area contributed by atoms with Crippen LogP contribution in [-0.4, -0.2) is 30.6 Å². The fourth-order valence-electron chi connectivity index (χ4n) is 1.66. The van der Waals surface area contributed by atoms with E-state index in [1.807, 2.05) is 0 Å². The standard InChI is InChI=1S/C11H12ClNO4/c12-6-5-8-11(17-4-3-16-8)9(10(6)15)7(14)1-2-13/h5,15H,1-4,13H2. The highest BCUT2D eigenvalue weighted by molar-refractivity contribution is 6.33. The first-order valence-electron chi connectivity index (χ1n) is 5.19. The van der Waals surface area contributed by atoms with E-state index >= 15 is 0 Å². The number of carbonyl (C=O) groups is 1. The molecule has 92 valence electrons. The van der Waals surface area contributed by atoms with Gasteiger partial charge in [0.2, 0.25) is 0 Å². The number of ether oxygens (including phenoxy) is 2. The summed E-state index contributed by atoms with van der Waals surface area (Å²) in [5.41, 5.74) is 5.38. The molecule has 5 nitrogen and oxygen atoms in total. The number of fused-ring (bicyclic) bond motifs is 1. The average Bonchev–Trinajstić information content (AvgIpc) is 2.31. The second kappa shape index (κ2) is 4.81. The SMILES string of the molecule is NCCC(=O)c1c(O)c(Cl)cc2c1OCCO2. The number of aromatic hydroxyl groups is 1. The molecule has 0 saturated heterocycles. The summed E-state index contributed by atoms with van der Waals surface area (Å²) in [5.74, 6) is 0.0274. The van der Waals surface area contributed by atoms with Gasteiger partial charge in [-0.25, -0.2) is 0 Å². The Morgan fingerprint density at radius 1 is 1.47 bits per heavy atom. The van der Waals surface area contributed by atoms with Gasteiger partial charge < -0.3 is 20.3 Å². The zero-order chi connectivity index (χ0) is 12.4. The number of carbonyl (C=O) groups excluding carboxylic acids is 1. The minimum atomic E-state index is -0.311. The molecule has 0 radical (unpaired) electrons. The van der Waals surface area contributed by atoms with Crippen molar-refractivity contribution in [3.8, 4) is 17.2 Å². The second-order valence-corrected chi connectivity index (χ2v) is 3.98. The lowest BCUT2D eigenvalue weighted by molar-refractivity contribution is 0.0971. The molecule has 1 aliphatic rings. The molecule has 0 atom stereocenters. The second-order valence-electron chi connectivity index (χ2n) is 3.57. The molecule has 17 heavy (non-hydrogen) atoms. The normalized spacial score (nSPS) is 13.5. The third kappa shape index (κ3) is 2.16. The molecule has 3 N–H and O–H groups in total. The first-order valence-corrected chi connectivity index (χ1v) is 5.57. The van der Waals surface area contributed by atoms with E-state index in [9.17, 15) is 9.90 Å². The summed E-state index contributed by atoms with van der Waals surface area (Å²) in [5, 5.41) is 9.89. The van der Waals surface area contributed by atoms with Gasteiger partial charge in [-0.15, -0.1) is 0 Å². The maximum atomic E-state index is 11.9. The first kappa shape index (κ1) is 12.0. The molecular weight excluding hydrogens is 246 g/mol. The number of phenolic OH excluding ortho intramolecular Hbond substituents is 1. The molecule has 0 saturated carbocycles. The molecular formula is C11H12ClNO4. The molecule has 1 heterocycles. The predicted molar refractivity (Wildman–Crippen MR) is 62.1 cm³/mol. The maximum Gasteiger partial charge on any atom is 0.176 e. The van der Waals surface area contributed by atoms with E-state index in [1.165, 1.54) is 6.07 Å². The van der Waals surface area contributed by atoms with Crippen molar-refractivity contribution in [3.05, 3.63) is 16.7 Å². The summed E-state index contributed by atoms with van der Waals surface area (Å²) in [7, 11) is 0. The van der Waals surface area contributed by atoms with Gasteiger partial charge in [0.15, 0.2) is 17.3 Å². The summed E-state index contributed by atoms with van der Waals surface area (Å²) in [6.07, 6.45) is 0.115. The van der Waals surface area contributed by atoms with Crippen molar-refractivity contribution in [2.45, 2.75) is 6.42 Å². The molecule has 6 heteroatoms. The molecule has 0 amide bonds. The first-order chi connectivity index (χ1) is 8.15. The highest BCUT2D eigenvalue weighted by atomic mass is 35.5. The van der Waals surface area contributed by atoms with Crippen molar-refractivity contribution in [3.63, 3.8) is 0 Å². The monoisotopic (exact) mass is 257 g/mol. The van der Waals surface area contributed by atoms with Gasteiger partial charge in [0, 0.05) is 12.5 Å². The van der Waals surface area contributed by atoms with E-state index in [0.29, 0.717) is 19.0 Å². The molecule has 0 aliphatic carbocycles. The Morgan fingerprint density at radius 2 is 2.18 bits per heavy atom. The number of ketones is 1. The molecule has 0 bridgehead atoms.